The van der Waals surface area contributed by atoms with Crippen LogP contribution in [0.3, 0.4) is 0 Å². The Bertz CT molecular complexity index is 727. The molecule has 25 heavy (non-hydrogen) atoms. The number of sulfonamides is 1. The summed E-state index contributed by atoms with van der Waals surface area (Å²) in [7, 11) is -1.81. The maximum atomic E-state index is 12.8. The van der Waals surface area contributed by atoms with Gasteiger partial charge in [0.05, 0.1) is 23.0 Å². The SMILES string of the molecule is COCCNC1=NCCNC12CCN(S(=O)(=O)c1ccc(Cl)s1)CC2. The molecule has 1 aromatic rings. The van der Waals surface area contributed by atoms with Gasteiger partial charge in [0.25, 0.3) is 10.0 Å². The molecule has 3 heterocycles. The van der Waals surface area contributed by atoms with Crippen molar-refractivity contribution in [1.82, 2.24) is 14.9 Å². The molecule has 2 N–H and O–H groups in total. The number of thiophene rings is 1. The van der Waals surface area contributed by atoms with Gasteiger partial charge in [-0.05, 0) is 25.0 Å². The van der Waals surface area contributed by atoms with Crippen molar-refractivity contribution in [2.45, 2.75) is 22.6 Å². The van der Waals surface area contributed by atoms with Gasteiger partial charge in [0.1, 0.15) is 10.0 Å². The number of amidine groups is 1. The number of nitrogens with zero attached hydrogens (tertiary/aromatic N) is 2. The van der Waals surface area contributed by atoms with Crippen LogP contribution in [0.4, 0.5) is 0 Å². The van der Waals surface area contributed by atoms with E-state index in [0.717, 1.165) is 30.3 Å². The summed E-state index contributed by atoms with van der Waals surface area (Å²) >= 11 is 6.99. The second-order valence-electron chi connectivity index (χ2n) is 6.12. The summed E-state index contributed by atoms with van der Waals surface area (Å²) in [6.45, 7) is 3.74. The minimum Gasteiger partial charge on any atom is -0.383 e. The largest absolute Gasteiger partial charge is 0.383 e. The lowest BCUT2D eigenvalue weighted by Gasteiger charge is -2.44. The fourth-order valence-corrected chi connectivity index (χ4v) is 6.36. The quantitative estimate of drug-likeness (QED) is 0.717. The number of nitrogens with one attached hydrogen (secondary N) is 2. The normalized spacial score (nSPS) is 21.3. The first-order chi connectivity index (χ1) is 12.0. The van der Waals surface area contributed by atoms with E-state index >= 15 is 0 Å². The van der Waals surface area contributed by atoms with Crippen molar-refractivity contribution in [2.75, 3.05) is 46.4 Å². The molecule has 0 aromatic carbocycles. The highest BCUT2D eigenvalue weighted by Crippen LogP contribution is 2.32. The summed E-state index contributed by atoms with van der Waals surface area (Å²) < 4.78 is 32.9. The summed E-state index contributed by atoms with van der Waals surface area (Å²) in [6.07, 6.45) is 1.37. The average Bonchev–Trinajstić information content (AvgIpc) is 3.05. The Morgan fingerprint density at radius 2 is 2.20 bits per heavy atom. The van der Waals surface area contributed by atoms with Gasteiger partial charge in [-0.15, -0.1) is 11.3 Å². The molecule has 0 amide bonds. The van der Waals surface area contributed by atoms with Crippen LogP contribution in [0, 0.1) is 0 Å². The van der Waals surface area contributed by atoms with Crippen LogP contribution in [0.2, 0.25) is 4.34 Å². The number of methoxy groups -OCH3 is 1. The summed E-state index contributed by atoms with van der Waals surface area (Å²) in [5.41, 5.74) is -0.273. The number of hydrogen-bond acceptors (Lipinski definition) is 7. The lowest BCUT2D eigenvalue weighted by Crippen LogP contribution is -2.64. The van der Waals surface area contributed by atoms with Crippen molar-refractivity contribution in [3.8, 4) is 0 Å². The van der Waals surface area contributed by atoms with Crippen LogP contribution >= 0.6 is 22.9 Å². The Labute approximate surface area is 157 Å². The number of aliphatic imine (C=N–C) groups is 1. The molecule has 140 valence electrons. The topological polar surface area (TPSA) is 83.0 Å². The van der Waals surface area contributed by atoms with Crippen LogP contribution < -0.4 is 10.6 Å². The van der Waals surface area contributed by atoms with Crippen molar-refractivity contribution in [3.63, 3.8) is 0 Å². The summed E-state index contributed by atoms with van der Waals surface area (Å²) in [4.78, 5) is 4.63. The molecule has 7 nitrogen and oxygen atoms in total. The molecular weight excluding hydrogens is 384 g/mol. The van der Waals surface area contributed by atoms with Gasteiger partial charge < -0.3 is 15.4 Å². The molecule has 0 bridgehead atoms. The monoisotopic (exact) mass is 406 g/mol. The maximum absolute atomic E-state index is 12.8. The highest BCUT2D eigenvalue weighted by molar-refractivity contribution is 7.91. The van der Waals surface area contributed by atoms with E-state index in [1.54, 1.807) is 23.5 Å². The first-order valence-electron chi connectivity index (χ1n) is 8.26. The summed E-state index contributed by atoms with van der Waals surface area (Å²) in [5.74, 6) is 0.923. The zero-order valence-corrected chi connectivity index (χ0v) is 16.5. The number of piperidine rings is 1. The third-order valence-electron chi connectivity index (χ3n) is 4.62. The fourth-order valence-electron chi connectivity index (χ4n) is 3.28. The predicted octanol–water partition coefficient (Wildman–Crippen LogP) is 1.16. The number of halogens is 1. The number of ether oxygens (including phenoxy) is 1. The van der Waals surface area contributed by atoms with Gasteiger partial charge in [-0.3, -0.25) is 4.99 Å². The van der Waals surface area contributed by atoms with E-state index in [4.69, 9.17) is 16.3 Å². The van der Waals surface area contributed by atoms with Crippen molar-refractivity contribution in [3.05, 3.63) is 16.5 Å². The van der Waals surface area contributed by atoms with Gasteiger partial charge >= 0.3 is 0 Å². The Balaban J connectivity index is 1.69. The molecule has 0 saturated carbocycles. The van der Waals surface area contributed by atoms with E-state index in [2.05, 4.69) is 15.6 Å². The van der Waals surface area contributed by atoms with E-state index in [0.29, 0.717) is 47.6 Å². The molecule has 1 spiro atoms. The average molecular weight is 407 g/mol. The highest BCUT2D eigenvalue weighted by atomic mass is 35.5. The Hall–Kier alpha value is -0.710. The second kappa shape index (κ2) is 7.89. The van der Waals surface area contributed by atoms with E-state index < -0.39 is 10.0 Å². The molecule has 0 aliphatic carbocycles. The minimum absolute atomic E-state index is 0.273. The van der Waals surface area contributed by atoms with Gasteiger partial charge in [-0.1, -0.05) is 11.6 Å². The molecule has 2 aliphatic heterocycles. The van der Waals surface area contributed by atoms with Crippen molar-refractivity contribution < 1.29 is 13.2 Å². The van der Waals surface area contributed by atoms with Gasteiger partial charge in [0.15, 0.2) is 0 Å². The van der Waals surface area contributed by atoms with Crippen molar-refractivity contribution in [1.29, 1.82) is 0 Å². The number of hydrogen-bond donors (Lipinski definition) is 2. The second-order valence-corrected chi connectivity index (χ2v) is 10.0. The van der Waals surface area contributed by atoms with Gasteiger partial charge in [0, 0.05) is 33.3 Å². The standard InChI is InChI=1S/C15H23ClN4O3S2/c1-23-11-8-18-14-15(19-7-6-17-14)4-9-20(10-5-15)25(21,22)13-3-2-12(16)24-13/h2-3,19H,4-11H2,1H3,(H,17,18). The Morgan fingerprint density at radius 3 is 2.84 bits per heavy atom. The first-order valence-corrected chi connectivity index (χ1v) is 10.9. The van der Waals surface area contributed by atoms with Crippen LogP contribution in [0.25, 0.3) is 0 Å². The van der Waals surface area contributed by atoms with E-state index in [-0.39, 0.29) is 5.54 Å². The molecule has 0 radical (unpaired) electrons. The molecule has 10 heteroatoms. The van der Waals surface area contributed by atoms with Crippen molar-refractivity contribution in [2.24, 2.45) is 4.99 Å². The van der Waals surface area contributed by atoms with Gasteiger partial charge in [-0.2, -0.15) is 4.31 Å². The van der Waals surface area contributed by atoms with Crippen LogP contribution in [0.15, 0.2) is 21.3 Å². The molecular formula is C15H23ClN4O3S2. The van der Waals surface area contributed by atoms with Crippen molar-refractivity contribution >= 4 is 38.8 Å². The molecule has 3 rings (SSSR count). The summed E-state index contributed by atoms with van der Waals surface area (Å²) in [5, 5.41) is 6.90. The zero-order chi connectivity index (χ0) is 17.9. The van der Waals surface area contributed by atoms with Gasteiger partial charge in [0.2, 0.25) is 0 Å². The lowest BCUT2D eigenvalue weighted by atomic mass is 9.85. The molecule has 1 fully saturated rings. The van der Waals surface area contributed by atoms with E-state index in [9.17, 15) is 8.42 Å². The fraction of sp³-hybridized carbons (Fsp3) is 0.667. The van der Waals surface area contributed by atoms with E-state index in [1.807, 2.05) is 0 Å². The molecule has 1 aromatic heterocycles. The smallest absolute Gasteiger partial charge is 0.252 e. The number of rotatable bonds is 5. The first kappa shape index (κ1) is 19.1. The Morgan fingerprint density at radius 1 is 1.44 bits per heavy atom. The predicted molar refractivity (Wildman–Crippen MR) is 100 cm³/mol. The summed E-state index contributed by atoms with van der Waals surface area (Å²) in [6, 6.07) is 3.20. The van der Waals surface area contributed by atoms with Crippen LogP contribution in [-0.2, 0) is 14.8 Å². The third kappa shape index (κ3) is 4.01. The van der Waals surface area contributed by atoms with Gasteiger partial charge in [-0.25, -0.2) is 8.42 Å². The van der Waals surface area contributed by atoms with Crippen LogP contribution in [0.5, 0.6) is 0 Å². The molecule has 0 unspecified atom stereocenters. The molecule has 2 aliphatic rings. The van der Waals surface area contributed by atoms with E-state index in [1.165, 1.54) is 0 Å². The Kier molecular flexibility index (Phi) is 6.02. The van der Waals surface area contributed by atoms with Crippen LogP contribution in [-0.4, -0.2) is 70.5 Å². The van der Waals surface area contributed by atoms with Crippen LogP contribution in [0.1, 0.15) is 12.8 Å². The molecule has 0 atom stereocenters. The highest BCUT2D eigenvalue weighted by Gasteiger charge is 2.43. The third-order valence-corrected chi connectivity index (χ3v) is 8.21. The minimum atomic E-state index is -3.48. The maximum Gasteiger partial charge on any atom is 0.252 e. The zero-order valence-electron chi connectivity index (χ0n) is 14.1. The lowest BCUT2D eigenvalue weighted by molar-refractivity contribution is 0.200. The molecule has 1 saturated heterocycles.